The standard InChI is InChI=1S/C26H25N7O3/c1-32-8-10-33(11-9-32)26(34)17-13-28-25(29-14-17)24-23(20-6-7-27-15-22(20)36-24)30-18-3-4-19-16(12-18)2-5-21(19)31-35/h3-4,6-7,12-15,30,35H,2,5,8-11H2,1H3. The van der Waals surface area contributed by atoms with Crippen LogP contribution in [-0.4, -0.2) is 74.8 Å². The molecule has 0 spiro atoms. The third kappa shape index (κ3) is 3.95. The molecule has 10 nitrogen and oxygen atoms in total. The molecule has 1 fully saturated rings. The van der Waals surface area contributed by atoms with Gasteiger partial charge in [0, 0.05) is 61.4 Å². The summed E-state index contributed by atoms with van der Waals surface area (Å²) in [5.41, 5.74) is 5.44. The van der Waals surface area contributed by atoms with Gasteiger partial charge in [0.25, 0.3) is 5.91 Å². The average Bonchev–Trinajstić information content (AvgIpc) is 3.50. The lowest BCUT2D eigenvalue weighted by Crippen LogP contribution is -2.47. The van der Waals surface area contributed by atoms with Crippen molar-refractivity contribution in [1.82, 2.24) is 24.8 Å². The molecule has 0 saturated carbocycles. The first kappa shape index (κ1) is 22.2. The van der Waals surface area contributed by atoms with Gasteiger partial charge < -0.3 is 24.7 Å². The number of hydrogen-bond donors (Lipinski definition) is 2. The Bertz CT molecular complexity index is 1470. The van der Waals surface area contributed by atoms with E-state index in [1.165, 1.54) is 0 Å². The first-order valence-corrected chi connectivity index (χ1v) is 11.9. The molecule has 2 aliphatic rings. The van der Waals surface area contributed by atoms with E-state index in [2.05, 4.69) is 43.4 Å². The van der Waals surface area contributed by atoms with E-state index in [9.17, 15) is 10.0 Å². The highest BCUT2D eigenvalue weighted by Crippen LogP contribution is 2.38. The van der Waals surface area contributed by atoms with Crippen molar-refractivity contribution in [2.75, 3.05) is 38.5 Å². The molecule has 0 unspecified atom stereocenters. The number of anilines is 2. The number of carbonyl (C=O) groups excluding carboxylic acids is 1. The zero-order chi connectivity index (χ0) is 24.6. The van der Waals surface area contributed by atoms with Crippen LogP contribution in [-0.2, 0) is 6.42 Å². The van der Waals surface area contributed by atoms with E-state index in [0.717, 1.165) is 47.4 Å². The minimum absolute atomic E-state index is 0.0641. The molecule has 3 aromatic heterocycles. The quantitative estimate of drug-likeness (QED) is 0.334. The lowest BCUT2D eigenvalue weighted by atomic mass is 10.1. The van der Waals surface area contributed by atoms with Crippen LogP contribution < -0.4 is 5.32 Å². The van der Waals surface area contributed by atoms with E-state index in [0.29, 0.717) is 48.0 Å². The number of likely N-dealkylation sites (N-methyl/N-ethyl adjacent to an activating group) is 1. The fourth-order valence-electron chi connectivity index (χ4n) is 4.78. The van der Waals surface area contributed by atoms with Crippen LogP contribution in [0.2, 0.25) is 0 Å². The van der Waals surface area contributed by atoms with Crippen LogP contribution in [0.5, 0.6) is 0 Å². The molecule has 1 aliphatic carbocycles. The molecule has 1 aromatic carbocycles. The Morgan fingerprint density at radius 2 is 1.89 bits per heavy atom. The molecule has 0 atom stereocenters. The summed E-state index contributed by atoms with van der Waals surface area (Å²) in [4.78, 5) is 30.1. The summed E-state index contributed by atoms with van der Waals surface area (Å²) in [6.45, 7) is 3.08. The lowest BCUT2D eigenvalue weighted by molar-refractivity contribution is 0.0663. The maximum absolute atomic E-state index is 12.9. The van der Waals surface area contributed by atoms with Gasteiger partial charge in [-0.25, -0.2) is 9.97 Å². The number of hydrogen-bond acceptors (Lipinski definition) is 9. The van der Waals surface area contributed by atoms with Crippen molar-refractivity contribution in [2.24, 2.45) is 5.16 Å². The number of oxime groups is 1. The van der Waals surface area contributed by atoms with E-state index in [4.69, 9.17) is 4.42 Å². The third-order valence-corrected chi connectivity index (χ3v) is 6.82. The van der Waals surface area contributed by atoms with Gasteiger partial charge in [-0.05, 0) is 43.7 Å². The summed E-state index contributed by atoms with van der Waals surface area (Å²) in [6.07, 6.45) is 8.01. The van der Waals surface area contributed by atoms with Crippen LogP contribution >= 0.6 is 0 Å². The molecule has 10 heteroatoms. The number of benzene rings is 1. The van der Waals surface area contributed by atoms with Crippen molar-refractivity contribution in [3.8, 4) is 11.6 Å². The molecule has 1 aliphatic heterocycles. The van der Waals surface area contributed by atoms with Crippen LogP contribution in [0.1, 0.15) is 27.9 Å². The number of aromatic nitrogens is 3. The second-order valence-electron chi connectivity index (χ2n) is 9.11. The number of furan rings is 1. The predicted octanol–water partition coefficient (Wildman–Crippen LogP) is 3.54. The van der Waals surface area contributed by atoms with E-state index in [1.807, 2.05) is 23.1 Å². The molecule has 4 heterocycles. The normalized spacial score (nSPS) is 17.0. The first-order valence-electron chi connectivity index (χ1n) is 11.9. The highest BCUT2D eigenvalue weighted by atomic mass is 16.4. The molecule has 182 valence electrons. The number of aryl methyl sites for hydroxylation is 1. The number of pyridine rings is 1. The minimum Gasteiger partial charge on any atom is -0.449 e. The van der Waals surface area contributed by atoms with Gasteiger partial charge in [-0.1, -0.05) is 11.2 Å². The summed E-state index contributed by atoms with van der Waals surface area (Å²) < 4.78 is 6.11. The van der Waals surface area contributed by atoms with Crippen molar-refractivity contribution in [1.29, 1.82) is 0 Å². The van der Waals surface area contributed by atoms with Crippen LogP contribution in [0.3, 0.4) is 0 Å². The molecule has 36 heavy (non-hydrogen) atoms. The molecular formula is C26H25N7O3. The average molecular weight is 484 g/mol. The van der Waals surface area contributed by atoms with Crippen molar-refractivity contribution >= 4 is 34.0 Å². The predicted molar refractivity (Wildman–Crippen MR) is 135 cm³/mol. The molecule has 1 amide bonds. The second-order valence-corrected chi connectivity index (χ2v) is 9.11. The van der Waals surface area contributed by atoms with Gasteiger partial charge in [-0.3, -0.25) is 9.78 Å². The Kier molecular flexibility index (Phi) is 5.57. The Balaban J connectivity index is 1.32. The van der Waals surface area contributed by atoms with Gasteiger partial charge in [0.05, 0.1) is 23.2 Å². The minimum atomic E-state index is -0.0641. The van der Waals surface area contributed by atoms with Crippen molar-refractivity contribution in [3.05, 3.63) is 65.7 Å². The van der Waals surface area contributed by atoms with Crippen molar-refractivity contribution < 1.29 is 14.4 Å². The SMILES string of the molecule is CN1CCN(C(=O)c2cnc(-c3oc4cnccc4c3Nc3ccc4c(c3)CCC4=NO)nc2)CC1. The Morgan fingerprint density at radius 1 is 1.08 bits per heavy atom. The van der Waals surface area contributed by atoms with Gasteiger partial charge in [-0.15, -0.1) is 0 Å². The molecule has 2 N–H and O–H groups in total. The summed E-state index contributed by atoms with van der Waals surface area (Å²) in [5.74, 6) is 0.778. The van der Waals surface area contributed by atoms with Crippen molar-refractivity contribution in [3.63, 3.8) is 0 Å². The number of piperazine rings is 1. The number of nitrogens with one attached hydrogen (secondary N) is 1. The van der Waals surface area contributed by atoms with Crippen LogP contribution in [0.25, 0.3) is 22.6 Å². The lowest BCUT2D eigenvalue weighted by Gasteiger charge is -2.32. The summed E-state index contributed by atoms with van der Waals surface area (Å²) in [7, 11) is 2.05. The highest BCUT2D eigenvalue weighted by Gasteiger charge is 2.24. The van der Waals surface area contributed by atoms with E-state index in [1.54, 1.807) is 24.8 Å². The number of fused-ring (bicyclic) bond motifs is 2. The van der Waals surface area contributed by atoms with Gasteiger partial charge in [-0.2, -0.15) is 0 Å². The monoisotopic (exact) mass is 483 g/mol. The van der Waals surface area contributed by atoms with Gasteiger partial charge in [0.1, 0.15) is 0 Å². The largest absolute Gasteiger partial charge is 0.449 e. The Hall–Kier alpha value is -4.31. The number of nitrogens with zero attached hydrogens (tertiary/aromatic N) is 6. The van der Waals surface area contributed by atoms with Gasteiger partial charge >= 0.3 is 0 Å². The third-order valence-electron chi connectivity index (χ3n) is 6.82. The number of carbonyl (C=O) groups is 1. The number of amides is 1. The first-order chi connectivity index (χ1) is 17.6. The summed E-state index contributed by atoms with van der Waals surface area (Å²) in [5, 5.41) is 16.9. The Labute approximate surface area is 207 Å². The molecule has 0 bridgehead atoms. The van der Waals surface area contributed by atoms with Crippen molar-refractivity contribution in [2.45, 2.75) is 12.8 Å². The van der Waals surface area contributed by atoms with Gasteiger partial charge in [0.15, 0.2) is 17.2 Å². The molecule has 1 saturated heterocycles. The van der Waals surface area contributed by atoms with Crippen LogP contribution in [0.15, 0.2) is 58.6 Å². The number of rotatable bonds is 4. The van der Waals surface area contributed by atoms with E-state index >= 15 is 0 Å². The highest BCUT2D eigenvalue weighted by molar-refractivity contribution is 6.05. The smallest absolute Gasteiger partial charge is 0.257 e. The Morgan fingerprint density at radius 3 is 2.67 bits per heavy atom. The van der Waals surface area contributed by atoms with Crippen LogP contribution in [0, 0.1) is 0 Å². The zero-order valence-electron chi connectivity index (χ0n) is 19.8. The fourth-order valence-corrected chi connectivity index (χ4v) is 4.78. The van der Waals surface area contributed by atoms with Crippen LogP contribution in [0.4, 0.5) is 11.4 Å². The summed E-state index contributed by atoms with van der Waals surface area (Å²) >= 11 is 0. The van der Waals surface area contributed by atoms with E-state index in [-0.39, 0.29) is 5.91 Å². The molecule has 0 radical (unpaired) electrons. The second kappa shape index (κ2) is 9.04. The molecule has 4 aromatic rings. The van der Waals surface area contributed by atoms with E-state index < -0.39 is 0 Å². The fraction of sp³-hybridized carbons (Fsp3) is 0.269. The maximum Gasteiger partial charge on any atom is 0.257 e. The zero-order valence-corrected chi connectivity index (χ0v) is 19.8. The molecule has 6 rings (SSSR count). The van der Waals surface area contributed by atoms with Gasteiger partial charge in [0.2, 0.25) is 0 Å². The molecular weight excluding hydrogens is 458 g/mol. The topological polar surface area (TPSA) is 120 Å². The summed E-state index contributed by atoms with van der Waals surface area (Å²) in [6, 6.07) is 7.83. The maximum atomic E-state index is 12.9.